The molecule has 3 aromatic heterocycles. The Hall–Kier alpha value is -2.84. The fourth-order valence-corrected chi connectivity index (χ4v) is 3.58. The molecule has 0 aliphatic rings. The molecular weight excluding hydrogens is 336 g/mol. The Morgan fingerprint density at radius 2 is 2.00 bits per heavy atom. The summed E-state index contributed by atoms with van der Waals surface area (Å²) in [7, 11) is 0. The molecule has 3 heterocycles. The van der Waals surface area contributed by atoms with Gasteiger partial charge < -0.3 is 10.8 Å². The summed E-state index contributed by atoms with van der Waals surface area (Å²) in [4.78, 5) is 17.0. The molecule has 0 radical (unpaired) electrons. The third-order valence-corrected chi connectivity index (χ3v) is 5.11. The normalized spacial score (nSPS) is 13.9. The second kappa shape index (κ2) is 5.61. The lowest BCUT2D eigenvalue weighted by Gasteiger charge is -2.21. The summed E-state index contributed by atoms with van der Waals surface area (Å²) < 4.78 is 1.90. The highest BCUT2D eigenvalue weighted by atomic mass is 32.1. The minimum absolute atomic E-state index is 0.199. The molecule has 0 amide bonds. The molecule has 1 aromatic carbocycles. The lowest BCUT2D eigenvalue weighted by Crippen LogP contribution is -2.22. The van der Waals surface area contributed by atoms with Crippen LogP contribution in [-0.2, 0) is 5.60 Å². The van der Waals surface area contributed by atoms with E-state index in [1.54, 1.807) is 25.4 Å². The number of nitrogens with two attached hydrogens (primary N) is 1. The lowest BCUT2D eigenvalue weighted by molar-refractivity contribution is 0.102. The van der Waals surface area contributed by atoms with E-state index < -0.39 is 5.60 Å². The van der Waals surface area contributed by atoms with E-state index in [9.17, 15) is 5.11 Å². The van der Waals surface area contributed by atoms with E-state index >= 15 is 0 Å². The summed E-state index contributed by atoms with van der Waals surface area (Å²) in [5.74, 6) is 1.61. The number of hydrogen-bond acceptors (Lipinski definition) is 7. The first-order valence-electron chi connectivity index (χ1n) is 7.67. The van der Waals surface area contributed by atoms with E-state index in [0.29, 0.717) is 10.8 Å². The zero-order valence-electron chi connectivity index (χ0n) is 13.7. The molecule has 4 aromatic rings. The largest absolute Gasteiger partial charge is 0.378 e. The highest BCUT2D eigenvalue weighted by Crippen LogP contribution is 2.33. The SMILES string of the molecule is Cc1nc2ccc(C(C)(O)c3nccs3)cc2n1-c1ccnc(N)n1. The number of aliphatic hydroxyl groups is 1. The molecule has 0 bridgehead atoms. The van der Waals surface area contributed by atoms with Crippen molar-refractivity contribution in [1.82, 2.24) is 24.5 Å². The quantitative estimate of drug-likeness (QED) is 0.587. The first-order valence-corrected chi connectivity index (χ1v) is 8.55. The fourth-order valence-electron chi connectivity index (χ4n) is 2.86. The minimum atomic E-state index is -1.18. The van der Waals surface area contributed by atoms with Crippen LogP contribution in [-0.4, -0.2) is 29.6 Å². The highest BCUT2D eigenvalue weighted by molar-refractivity contribution is 7.09. The van der Waals surface area contributed by atoms with Gasteiger partial charge in [0.25, 0.3) is 0 Å². The molecule has 4 rings (SSSR count). The third-order valence-electron chi connectivity index (χ3n) is 4.12. The van der Waals surface area contributed by atoms with Gasteiger partial charge in [-0.15, -0.1) is 11.3 Å². The van der Waals surface area contributed by atoms with Crippen LogP contribution in [0.4, 0.5) is 5.95 Å². The van der Waals surface area contributed by atoms with Crippen LogP contribution in [0.15, 0.2) is 42.0 Å². The molecule has 0 aliphatic heterocycles. The van der Waals surface area contributed by atoms with Gasteiger partial charge in [-0.3, -0.25) is 4.57 Å². The Morgan fingerprint density at radius 3 is 2.72 bits per heavy atom. The number of nitrogen functional groups attached to an aromatic ring is 1. The Morgan fingerprint density at radius 1 is 1.16 bits per heavy atom. The van der Waals surface area contributed by atoms with Gasteiger partial charge in [-0.1, -0.05) is 6.07 Å². The van der Waals surface area contributed by atoms with Gasteiger partial charge in [0.1, 0.15) is 22.3 Å². The average Bonchev–Trinajstić information content (AvgIpc) is 3.21. The van der Waals surface area contributed by atoms with Crippen molar-refractivity contribution in [3.63, 3.8) is 0 Å². The first-order chi connectivity index (χ1) is 12.0. The average molecular weight is 352 g/mol. The van der Waals surface area contributed by atoms with Crippen LogP contribution in [0.3, 0.4) is 0 Å². The third kappa shape index (κ3) is 2.55. The van der Waals surface area contributed by atoms with Gasteiger partial charge in [0.05, 0.1) is 11.0 Å². The maximum Gasteiger partial charge on any atom is 0.221 e. The van der Waals surface area contributed by atoms with E-state index in [0.717, 1.165) is 22.4 Å². The number of imidazole rings is 1. The summed E-state index contributed by atoms with van der Waals surface area (Å²) in [6.07, 6.45) is 3.30. The van der Waals surface area contributed by atoms with Crippen LogP contribution in [0.5, 0.6) is 0 Å². The predicted molar refractivity (Wildman–Crippen MR) is 96.6 cm³/mol. The monoisotopic (exact) mass is 352 g/mol. The van der Waals surface area contributed by atoms with Crippen molar-refractivity contribution in [2.45, 2.75) is 19.4 Å². The molecule has 1 atom stereocenters. The van der Waals surface area contributed by atoms with Crippen molar-refractivity contribution >= 4 is 28.3 Å². The fraction of sp³-hybridized carbons (Fsp3) is 0.176. The molecule has 1 unspecified atom stereocenters. The molecule has 0 fully saturated rings. The van der Waals surface area contributed by atoms with Crippen molar-refractivity contribution in [1.29, 1.82) is 0 Å². The zero-order chi connectivity index (χ0) is 17.6. The second-order valence-corrected chi connectivity index (χ2v) is 6.77. The maximum absolute atomic E-state index is 11.0. The summed E-state index contributed by atoms with van der Waals surface area (Å²) in [6.45, 7) is 3.64. The van der Waals surface area contributed by atoms with E-state index in [1.165, 1.54) is 11.3 Å². The van der Waals surface area contributed by atoms with Crippen molar-refractivity contribution in [2.75, 3.05) is 5.73 Å². The van der Waals surface area contributed by atoms with Crippen LogP contribution < -0.4 is 5.73 Å². The molecule has 0 aliphatic carbocycles. The Balaban J connectivity index is 1.93. The molecule has 0 saturated heterocycles. The standard InChI is InChI=1S/C17H16N6OS/c1-10-21-12-4-3-11(17(2,24)15-19-7-8-25-15)9-13(12)23(10)14-5-6-20-16(18)22-14/h3-9,24H,1-2H3,(H2,18,20,22). The van der Waals surface area contributed by atoms with E-state index in [2.05, 4.69) is 19.9 Å². The van der Waals surface area contributed by atoms with Crippen molar-refractivity contribution in [2.24, 2.45) is 0 Å². The number of hydrogen-bond donors (Lipinski definition) is 2. The molecule has 25 heavy (non-hydrogen) atoms. The van der Waals surface area contributed by atoms with Crippen molar-refractivity contribution in [3.8, 4) is 5.82 Å². The smallest absolute Gasteiger partial charge is 0.221 e. The van der Waals surface area contributed by atoms with E-state index in [4.69, 9.17) is 5.73 Å². The first kappa shape index (κ1) is 15.7. The number of benzene rings is 1. The summed E-state index contributed by atoms with van der Waals surface area (Å²) >= 11 is 1.42. The number of nitrogens with zero attached hydrogens (tertiary/aromatic N) is 5. The highest BCUT2D eigenvalue weighted by Gasteiger charge is 2.29. The number of aryl methyl sites for hydroxylation is 1. The Labute approximate surface area is 147 Å². The molecule has 126 valence electrons. The van der Waals surface area contributed by atoms with Gasteiger partial charge in [-0.25, -0.2) is 15.0 Å². The molecule has 8 heteroatoms. The Bertz CT molecular complexity index is 1050. The van der Waals surface area contributed by atoms with E-state index in [1.807, 2.05) is 35.1 Å². The molecule has 7 nitrogen and oxygen atoms in total. The van der Waals surface area contributed by atoms with Gasteiger partial charge in [0.15, 0.2) is 0 Å². The second-order valence-electron chi connectivity index (χ2n) is 5.88. The number of fused-ring (bicyclic) bond motifs is 1. The number of anilines is 1. The van der Waals surface area contributed by atoms with Crippen LogP contribution in [0, 0.1) is 6.92 Å². The maximum atomic E-state index is 11.0. The summed E-state index contributed by atoms with van der Waals surface area (Å²) in [6, 6.07) is 7.45. The number of thiazole rings is 1. The van der Waals surface area contributed by atoms with Gasteiger partial charge in [0, 0.05) is 17.8 Å². The number of aromatic nitrogens is 5. The number of rotatable bonds is 3. The summed E-state index contributed by atoms with van der Waals surface area (Å²) in [5, 5.41) is 13.5. The van der Waals surface area contributed by atoms with Crippen LogP contribution in [0.1, 0.15) is 23.3 Å². The van der Waals surface area contributed by atoms with Crippen LogP contribution >= 0.6 is 11.3 Å². The van der Waals surface area contributed by atoms with Gasteiger partial charge in [0.2, 0.25) is 5.95 Å². The predicted octanol–water partition coefficient (Wildman–Crippen LogP) is 2.42. The van der Waals surface area contributed by atoms with Crippen molar-refractivity contribution in [3.05, 3.63) is 58.4 Å². The molecule has 0 spiro atoms. The van der Waals surface area contributed by atoms with Crippen LogP contribution in [0.25, 0.3) is 16.9 Å². The van der Waals surface area contributed by atoms with Gasteiger partial charge >= 0.3 is 0 Å². The summed E-state index contributed by atoms with van der Waals surface area (Å²) in [5.41, 5.74) is 6.92. The van der Waals surface area contributed by atoms with Crippen LogP contribution in [0.2, 0.25) is 0 Å². The molecule has 0 saturated carbocycles. The Kier molecular flexibility index (Phi) is 3.52. The topological polar surface area (TPSA) is 103 Å². The van der Waals surface area contributed by atoms with Crippen molar-refractivity contribution < 1.29 is 5.11 Å². The molecule has 3 N–H and O–H groups in total. The molecular formula is C17H16N6OS. The lowest BCUT2D eigenvalue weighted by atomic mass is 9.96. The zero-order valence-corrected chi connectivity index (χ0v) is 14.5. The van der Waals surface area contributed by atoms with E-state index in [-0.39, 0.29) is 5.95 Å². The minimum Gasteiger partial charge on any atom is -0.378 e. The van der Waals surface area contributed by atoms with Gasteiger partial charge in [-0.2, -0.15) is 4.98 Å². The van der Waals surface area contributed by atoms with Gasteiger partial charge in [-0.05, 0) is 37.6 Å².